The standard InChI is InChI=1S/C23H31N3O3S/c1-4-25(5-2)30(28,29)21-14-11-19(12-15-21)16-24-23(27)17-26-18(3)10-13-20-8-6-7-9-22(20)26/h6-9,11-12,14-15,18H,4-5,10,13,16-17H2,1-3H3,(H,24,27)/t18-/m0/s1. The molecule has 0 aromatic heterocycles. The van der Waals surface area contributed by atoms with E-state index in [1.807, 2.05) is 26.0 Å². The van der Waals surface area contributed by atoms with Gasteiger partial charge in [0, 0.05) is 31.4 Å². The van der Waals surface area contributed by atoms with Gasteiger partial charge in [-0.25, -0.2) is 8.42 Å². The van der Waals surface area contributed by atoms with Crippen molar-refractivity contribution in [2.75, 3.05) is 24.5 Å². The van der Waals surface area contributed by atoms with Crippen molar-refractivity contribution >= 4 is 21.6 Å². The second kappa shape index (κ2) is 9.62. The van der Waals surface area contributed by atoms with Crippen molar-refractivity contribution in [1.82, 2.24) is 9.62 Å². The molecule has 0 unspecified atom stereocenters. The minimum atomic E-state index is -3.46. The molecule has 1 heterocycles. The SMILES string of the molecule is CCN(CC)S(=O)(=O)c1ccc(CNC(=O)CN2c3ccccc3CC[C@@H]2C)cc1. The van der Waals surface area contributed by atoms with Crippen LogP contribution in [0.3, 0.4) is 0 Å². The third-order valence-corrected chi connectivity index (χ3v) is 7.80. The summed E-state index contributed by atoms with van der Waals surface area (Å²) in [5, 5.41) is 2.96. The number of hydrogen-bond donors (Lipinski definition) is 1. The lowest BCUT2D eigenvalue weighted by Crippen LogP contribution is -2.44. The molecular formula is C23H31N3O3S. The third-order valence-electron chi connectivity index (χ3n) is 5.73. The molecule has 0 spiro atoms. The number of rotatable bonds is 8. The Bertz CT molecular complexity index is 969. The van der Waals surface area contributed by atoms with Gasteiger partial charge in [0.2, 0.25) is 15.9 Å². The molecule has 1 N–H and O–H groups in total. The number of benzene rings is 2. The van der Waals surface area contributed by atoms with Crippen LogP contribution in [0.5, 0.6) is 0 Å². The normalized spacial score (nSPS) is 16.4. The highest BCUT2D eigenvalue weighted by Crippen LogP contribution is 2.30. The molecule has 7 heteroatoms. The van der Waals surface area contributed by atoms with Gasteiger partial charge in [0.1, 0.15) is 0 Å². The quantitative estimate of drug-likeness (QED) is 0.700. The molecule has 1 aliphatic heterocycles. The van der Waals surface area contributed by atoms with E-state index in [1.54, 1.807) is 24.3 Å². The van der Waals surface area contributed by atoms with Crippen LogP contribution in [-0.4, -0.2) is 44.3 Å². The van der Waals surface area contributed by atoms with Gasteiger partial charge < -0.3 is 10.2 Å². The Morgan fingerprint density at radius 3 is 2.43 bits per heavy atom. The smallest absolute Gasteiger partial charge is 0.243 e. The van der Waals surface area contributed by atoms with Crippen molar-refractivity contribution < 1.29 is 13.2 Å². The number of nitrogens with zero attached hydrogens (tertiary/aromatic N) is 2. The van der Waals surface area contributed by atoms with Gasteiger partial charge in [-0.05, 0) is 49.1 Å². The molecule has 3 rings (SSSR count). The number of anilines is 1. The summed E-state index contributed by atoms with van der Waals surface area (Å²) in [6.45, 7) is 7.36. The van der Waals surface area contributed by atoms with E-state index in [2.05, 4.69) is 29.3 Å². The van der Waals surface area contributed by atoms with Crippen LogP contribution in [0.2, 0.25) is 0 Å². The van der Waals surface area contributed by atoms with E-state index in [-0.39, 0.29) is 10.8 Å². The molecule has 162 valence electrons. The molecule has 30 heavy (non-hydrogen) atoms. The van der Waals surface area contributed by atoms with Crippen molar-refractivity contribution in [3.05, 3.63) is 59.7 Å². The van der Waals surface area contributed by atoms with Crippen LogP contribution in [0.15, 0.2) is 53.4 Å². The Morgan fingerprint density at radius 2 is 1.77 bits per heavy atom. The van der Waals surface area contributed by atoms with E-state index in [0.29, 0.717) is 32.2 Å². The zero-order valence-electron chi connectivity index (χ0n) is 18.0. The van der Waals surface area contributed by atoms with Crippen LogP contribution in [0.4, 0.5) is 5.69 Å². The van der Waals surface area contributed by atoms with Crippen molar-refractivity contribution in [1.29, 1.82) is 0 Å². The molecule has 0 saturated carbocycles. The summed E-state index contributed by atoms with van der Waals surface area (Å²) in [7, 11) is -3.46. The van der Waals surface area contributed by atoms with E-state index in [1.165, 1.54) is 9.87 Å². The summed E-state index contributed by atoms with van der Waals surface area (Å²) in [5.41, 5.74) is 3.29. The summed E-state index contributed by atoms with van der Waals surface area (Å²) in [6.07, 6.45) is 2.07. The predicted octanol–water partition coefficient (Wildman–Crippen LogP) is 3.17. The molecule has 0 fully saturated rings. The van der Waals surface area contributed by atoms with Crippen LogP contribution in [0.25, 0.3) is 0 Å². The molecule has 0 saturated heterocycles. The average molecular weight is 430 g/mol. The largest absolute Gasteiger partial charge is 0.359 e. The Labute approximate surface area is 179 Å². The molecule has 6 nitrogen and oxygen atoms in total. The minimum absolute atomic E-state index is 0.0432. The van der Waals surface area contributed by atoms with Gasteiger partial charge in [0.15, 0.2) is 0 Å². The van der Waals surface area contributed by atoms with Gasteiger partial charge >= 0.3 is 0 Å². The van der Waals surface area contributed by atoms with Crippen LogP contribution < -0.4 is 10.2 Å². The lowest BCUT2D eigenvalue weighted by Gasteiger charge is -2.36. The zero-order valence-corrected chi connectivity index (χ0v) is 18.8. The van der Waals surface area contributed by atoms with Gasteiger partial charge in [0.05, 0.1) is 11.4 Å². The van der Waals surface area contributed by atoms with Gasteiger partial charge in [-0.15, -0.1) is 0 Å². The van der Waals surface area contributed by atoms with Crippen LogP contribution in [-0.2, 0) is 27.8 Å². The topological polar surface area (TPSA) is 69.7 Å². The summed E-state index contributed by atoms with van der Waals surface area (Å²) < 4.78 is 26.6. The lowest BCUT2D eigenvalue weighted by molar-refractivity contribution is -0.120. The number of sulfonamides is 1. The molecule has 2 aromatic rings. The Kier molecular flexibility index (Phi) is 7.15. The van der Waals surface area contributed by atoms with E-state index < -0.39 is 10.0 Å². The van der Waals surface area contributed by atoms with Crippen LogP contribution in [0.1, 0.15) is 38.3 Å². The Balaban J connectivity index is 1.60. The average Bonchev–Trinajstić information content (AvgIpc) is 2.75. The number of nitrogens with one attached hydrogen (secondary N) is 1. The van der Waals surface area contributed by atoms with Gasteiger partial charge in [-0.2, -0.15) is 4.31 Å². The van der Waals surface area contributed by atoms with Gasteiger partial charge in [-0.1, -0.05) is 44.2 Å². The van der Waals surface area contributed by atoms with Crippen LogP contribution in [0, 0.1) is 0 Å². The maximum absolute atomic E-state index is 12.6. The Morgan fingerprint density at radius 1 is 1.10 bits per heavy atom. The van der Waals surface area contributed by atoms with E-state index in [4.69, 9.17) is 0 Å². The number of aryl methyl sites for hydroxylation is 1. The highest BCUT2D eigenvalue weighted by atomic mass is 32.2. The molecule has 2 aromatic carbocycles. The first kappa shape index (κ1) is 22.3. The fourth-order valence-electron chi connectivity index (χ4n) is 3.90. The van der Waals surface area contributed by atoms with E-state index in [9.17, 15) is 13.2 Å². The molecule has 1 amide bonds. The first-order valence-electron chi connectivity index (χ1n) is 10.6. The Hall–Kier alpha value is -2.38. The summed E-state index contributed by atoms with van der Waals surface area (Å²) in [4.78, 5) is 15.0. The summed E-state index contributed by atoms with van der Waals surface area (Å²) in [6, 6.07) is 15.3. The molecular weight excluding hydrogens is 398 g/mol. The fraction of sp³-hybridized carbons (Fsp3) is 0.435. The van der Waals surface area contributed by atoms with Crippen molar-refractivity contribution in [3.8, 4) is 0 Å². The molecule has 1 atom stereocenters. The molecule has 0 aliphatic carbocycles. The molecule has 1 aliphatic rings. The number of amides is 1. The predicted molar refractivity (Wildman–Crippen MR) is 120 cm³/mol. The van der Waals surface area contributed by atoms with Crippen molar-refractivity contribution in [2.24, 2.45) is 0 Å². The highest BCUT2D eigenvalue weighted by molar-refractivity contribution is 7.89. The number of para-hydroxylation sites is 1. The van der Waals surface area contributed by atoms with Crippen molar-refractivity contribution in [2.45, 2.75) is 51.1 Å². The highest BCUT2D eigenvalue weighted by Gasteiger charge is 2.24. The second-order valence-electron chi connectivity index (χ2n) is 7.65. The lowest BCUT2D eigenvalue weighted by atomic mass is 9.96. The van der Waals surface area contributed by atoms with E-state index in [0.717, 1.165) is 24.1 Å². The molecule has 0 bridgehead atoms. The van der Waals surface area contributed by atoms with Gasteiger partial charge in [0.25, 0.3) is 0 Å². The zero-order chi connectivity index (χ0) is 21.7. The monoisotopic (exact) mass is 429 g/mol. The number of fused-ring (bicyclic) bond motifs is 1. The number of carbonyl (C=O) groups is 1. The number of hydrogen-bond acceptors (Lipinski definition) is 4. The number of carbonyl (C=O) groups excluding carboxylic acids is 1. The minimum Gasteiger partial charge on any atom is -0.359 e. The molecule has 0 radical (unpaired) electrons. The van der Waals surface area contributed by atoms with Gasteiger partial charge in [-0.3, -0.25) is 4.79 Å². The fourth-order valence-corrected chi connectivity index (χ4v) is 5.36. The van der Waals surface area contributed by atoms with E-state index >= 15 is 0 Å². The van der Waals surface area contributed by atoms with Crippen molar-refractivity contribution in [3.63, 3.8) is 0 Å². The third kappa shape index (κ3) is 4.84. The first-order valence-corrected chi connectivity index (χ1v) is 12.0. The maximum Gasteiger partial charge on any atom is 0.243 e. The van der Waals surface area contributed by atoms with Crippen LogP contribution >= 0.6 is 0 Å². The first-order chi connectivity index (χ1) is 14.4. The summed E-state index contributed by atoms with van der Waals surface area (Å²) in [5.74, 6) is -0.0432. The summed E-state index contributed by atoms with van der Waals surface area (Å²) >= 11 is 0. The second-order valence-corrected chi connectivity index (χ2v) is 9.59. The maximum atomic E-state index is 12.6.